The molecule has 1 heterocycles. The minimum atomic E-state index is -0.0959. The average molecular weight is 330 g/mol. The largest absolute Gasteiger partial charge is 0.348 e. The molecule has 0 radical (unpaired) electrons. The van der Waals surface area contributed by atoms with Crippen LogP contribution in [0.2, 0.25) is 0 Å². The maximum Gasteiger partial charge on any atom is 0.251 e. The zero-order valence-electron chi connectivity index (χ0n) is 10.6. The van der Waals surface area contributed by atoms with Crippen LogP contribution in [0.25, 0.3) is 10.9 Å². The molecule has 20 heavy (non-hydrogen) atoms. The standard InChI is InChI=1S/C15H12BrN3O/c16-13-3-1-2-10(6-13)8-17-15(20)11-4-5-12-9-18-19-14(12)7-11/h1-7,9H,8H2,(H,17,20)(H,18,19). The summed E-state index contributed by atoms with van der Waals surface area (Å²) in [7, 11) is 0. The molecule has 0 unspecified atom stereocenters. The van der Waals surface area contributed by atoms with Gasteiger partial charge in [0.2, 0.25) is 0 Å². The van der Waals surface area contributed by atoms with E-state index in [1.807, 2.05) is 30.3 Å². The molecule has 0 aliphatic carbocycles. The van der Waals surface area contributed by atoms with Crippen LogP contribution in [-0.2, 0) is 6.54 Å². The molecule has 0 aliphatic heterocycles. The predicted molar refractivity (Wildman–Crippen MR) is 81.4 cm³/mol. The molecule has 3 aromatic rings. The number of hydrogen-bond acceptors (Lipinski definition) is 2. The van der Waals surface area contributed by atoms with Crippen LogP contribution in [0.15, 0.2) is 53.1 Å². The van der Waals surface area contributed by atoms with Crippen molar-refractivity contribution in [1.29, 1.82) is 0 Å². The van der Waals surface area contributed by atoms with E-state index in [1.54, 1.807) is 18.3 Å². The van der Waals surface area contributed by atoms with E-state index in [0.717, 1.165) is 20.9 Å². The van der Waals surface area contributed by atoms with Gasteiger partial charge < -0.3 is 5.32 Å². The highest BCUT2D eigenvalue weighted by molar-refractivity contribution is 9.10. The van der Waals surface area contributed by atoms with Gasteiger partial charge in [-0.25, -0.2) is 0 Å². The van der Waals surface area contributed by atoms with Crippen molar-refractivity contribution < 1.29 is 4.79 Å². The Hall–Kier alpha value is -2.14. The van der Waals surface area contributed by atoms with Crippen molar-refractivity contribution in [3.8, 4) is 0 Å². The van der Waals surface area contributed by atoms with Gasteiger partial charge in [0, 0.05) is 22.0 Å². The lowest BCUT2D eigenvalue weighted by molar-refractivity contribution is 0.0951. The molecule has 0 aliphatic rings. The molecule has 2 N–H and O–H groups in total. The highest BCUT2D eigenvalue weighted by Gasteiger charge is 2.07. The molecule has 0 fully saturated rings. The van der Waals surface area contributed by atoms with Gasteiger partial charge in [-0.15, -0.1) is 0 Å². The van der Waals surface area contributed by atoms with Gasteiger partial charge in [0.15, 0.2) is 0 Å². The number of H-pyrrole nitrogens is 1. The molecule has 5 heteroatoms. The van der Waals surface area contributed by atoms with Crippen LogP contribution in [0, 0.1) is 0 Å². The van der Waals surface area contributed by atoms with Gasteiger partial charge in [-0.2, -0.15) is 5.10 Å². The summed E-state index contributed by atoms with van der Waals surface area (Å²) in [6, 6.07) is 13.3. The van der Waals surface area contributed by atoms with Gasteiger partial charge in [-0.1, -0.05) is 34.1 Å². The Morgan fingerprint density at radius 3 is 3.00 bits per heavy atom. The first-order valence-electron chi connectivity index (χ1n) is 6.18. The molecule has 0 saturated carbocycles. The Morgan fingerprint density at radius 1 is 1.25 bits per heavy atom. The van der Waals surface area contributed by atoms with Crippen molar-refractivity contribution in [2.75, 3.05) is 0 Å². The fourth-order valence-electron chi connectivity index (χ4n) is 2.01. The first-order chi connectivity index (χ1) is 9.72. The minimum Gasteiger partial charge on any atom is -0.348 e. The molecule has 0 bridgehead atoms. The Bertz CT molecular complexity index is 766. The molecule has 4 nitrogen and oxygen atoms in total. The maximum absolute atomic E-state index is 12.1. The quantitative estimate of drug-likeness (QED) is 0.774. The van der Waals surface area contributed by atoms with Crippen LogP contribution >= 0.6 is 15.9 Å². The first-order valence-corrected chi connectivity index (χ1v) is 6.97. The molecule has 0 atom stereocenters. The highest BCUT2D eigenvalue weighted by Crippen LogP contribution is 2.14. The molecular weight excluding hydrogens is 318 g/mol. The normalized spacial score (nSPS) is 10.7. The van der Waals surface area contributed by atoms with Gasteiger partial charge >= 0.3 is 0 Å². The number of halogens is 1. The number of hydrogen-bond donors (Lipinski definition) is 2. The van der Waals surface area contributed by atoms with E-state index in [9.17, 15) is 4.79 Å². The van der Waals surface area contributed by atoms with Crippen LogP contribution in [0.1, 0.15) is 15.9 Å². The second kappa shape index (κ2) is 5.46. The molecular formula is C15H12BrN3O. The van der Waals surface area contributed by atoms with Gasteiger partial charge in [-0.3, -0.25) is 9.89 Å². The van der Waals surface area contributed by atoms with Crippen molar-refractivity contribution in [1.82, 2.24) is 15.5 Å². The summed E-state index contributed by atoms with van der Waals surface area (Å²) in [6.07, 6.45) is 1.73. The number of nitrogens with one attached hydrogen (secondary N) is 2. The summed E-state index contributed by atoms with van der Waals surface area (Å²) in [5, 5.41) is 10.7. The number of aromatic nitrogens is 2. The second-order valence-corrected chi connectivity index (χ2v) is 5.40. The lowest BCUT2D eigenvalue weighted by atomic mass is 10.1. The first kappa shape index (κ1) is 12.9. The molecule has 0 saturated heterocycles. The minimum absolute atomic E-state index is 0.0959. The Kier molecular flexibility index (Phi) is 3.52. The van der Waals surface area contributed by atoms with E-state index in [2.05, 4.69) is 31.4 Å². The summed E-state index contributed by atoms with van der Waals surface area (Å²) >= 11 is 3.41. The summed E-state index contributed by atoms with van der Waals surface area (Å²) < 4.78 is 1.00. The predicted octanol–water partition coefficient (Wildman–Crippen LogP) is 3.26. The number of carbonyl (C=O) groups excluding carboxylic acids is 1. The summed E-state index contributed by atoms with van der Waals surface area (Å²) in [5.41, 5.74) is 2.53. The second-order valence-electron chi connectivity index (χ2n) is 4.48. The third kappa shape index (κ3) is 2.72. The SMILES string of the molecule is O=C(NCc1cccc(Br)c1)c1ccc2cn[nH]c2c1. The molecule has 2 aromatic carbocycles. The fraction of sp³-hybridized carbons (Fsp3) is 0.0667. The van der Waals surface area contributed by atoms with Crippen molar-refractivity contribution in [2.45, 2.75) is 6.54 Å². The third-order valence-corrected chi connectivity index (χ3v) is 3.54. The zero-order chi connectivity index (χ0) is 13.9. The molecule has 1 amide bonds. The number of benzene rings is 2. The van der Waals surface area contributed by atoms with Crippen molar-refractivity contribution in [3.05, 3.63) is 64.3 Å². The summed E-state index contributed by atoms with van der Waals surface area (Å²) in [4.78, 5) is 12.1. The number of rotatable bonds is 3. The number of amides is 1. The van der Waals surface area contributed by atoms with E-state index in [0.29, 0.717) is 12.1 Å². The highest BCUT2D eigenvalue weighted by atomic mass is 79.9. The van der Waals surface area contributed by atoms with Crippen molar-refractivity contribution >= 4 is 32.7 Å². The molecule has 1 aromatic heterocycles. The zero-order valence-corrected chi connectivity index (χ0v) is 12.1. The number of aromatic amines is 1. The van der Waals surface area contributed by atoms with Gasteiger partial charge in [-0.05, 0) is 29.8 Å². The van der Waals surface area contributed by atoms with E-state index < -0.39 is 0 Å². The van der Waals surface area contributed by atoms with Crippen molar-refractivity contribution in [3.63, 3.8) is 0 Å². The van der Waals surface area contributed by atoms with Crippen LogP contribution in [0.3, 0.4) is 0 Å². The van der Waals surface area contributed by atoms with E-state index in [-0.39, 0.29) is 5.91 Å². The summed E-state index contributed by atoms with van der Waals surface area (Å²) in [6.45, 7) is 0.499. The van der Waals surface area contributed by atoms with E-state index in [4.69, 9.17) is 0 Å². The number of carbonyl (C=O) groups is 1. The Morgan fingerprint density at radius 2 is 2.15 bits per heavy atom. The van der Waals surface area contributed by atoms with Gasteiger partial charge in [0.05, 0.1) is 11.7 Å². The molecule has 3 rings (SSSR count). The lowest BCUT2D eigenvalue weighted by Gasteiger charge is -2.06. The van der Waals surface area contributed by atoms with Crippen LogP contribution in [0.4, 0.5) is 0 Å². The Balaban J connectivity index is 1.72. The van der Waals surface area contributed by atoms with E-state index in [1.165, 1.54) is 0 Å². The van der Waals surface area contributed by atoms with Crippen LogP contribution < -0.4 is 5.32 Å². The number of nitrogens with zero attached hydrogens (tertiary/aromatic N) is 1. The number of fused-ring (bicyclic) bond motifs is 1. The van der Waals surface area contributed by atoms with Gasteiger partial charge in [0.1, 0.15) is 0 Å². The molecule has 0 spiro atoms. The van der Waals surface area contributed by atoms with Gasteiger partial charge in [0.25, 0.3) is 5.91 Å². The van der Waals surface area contributed by atoms with Crippen LogP contribution in [0.5, 0.6) is 0 Å². The van der Waals surface area contributed by atoms with Crippen molar-refractivity contribution in [2.24, 2.45) is 0 Å². The fourth-order valence-corrected chi connectivity index (χ4v) is 2.46. The lowest BCUT2D eigenvalue weighted by Crippen LogP contribution is -2.22. The topological polar surface area (TPSA) is 57.8 Å². The van der Waals surface area contributed by atoms with E-state index >= 15 is 0 Å². The third-order valence-electron chi connectivity index (χ3n) is 3.05. The van der Waals surface area contributed by atoms with Crippen LogP contribution in [-0.4, -0.2) is 16.1 Å². The summed E-state index contributed by atoms with van der Waals surface area (Å²) in [5.74, 6) is -0.0959. The molecule has 100 valence electrons. The Labute approximate surface area is 124 Å². The smallest absolute Gasteiger partial charge is 0.251 e. The maximum atomic E-state index is 12.1. The average Bonchev–Trinajstić information content (AvgIpc) is 2.92. The monoisotopic (exact) mass is 329 g/mol.